The van der Waals surface area contributed by atoms with Crippen molar-refractivity contribution in [1.82, 2.24) is 0 Å². The van der Waals surface area contributed by atoms with E-state index < -0.39 is 42.9 Å². The van der Waals surface area contributed by atoms with E-state index in [1.54, 1.807) is 0 Å². The molecule has 2 aromatic carbocycles. The van der Waals surface area contributed by atoms with Crippen LogP contribution >= 0.6 is 21.6 Å². The van der Waals surface area contributed by atoms with Crippen molar-refractivity contribution in [3.8, 4) is 0 Å². The topological polar surface area (TPSA) is 109 Å². The molecule has 54 heavy (non-hydrogen) atoms. The van der Waals surface area contributed by atoms with Gasteiger partial charge in [-0.1, -0.05) is 135 Å². The molecular formula is C36H50F6N2O6S4. The number of para-hydroxylation sites is 2. The minimum absolute atomic E-state index is 0.136. The van der Waals surface area contributed by atoms with Crippen LogP contribution in [0.25, 0.3) is 0 Å². The minimum atomic E-state index is -5.84. The van der Waals surface area contributed by atoms with Gasteiger partial charge in [-0.25, -0.2) is 0 Å². The van der Waals surface area contributed by atoms with E-state index in [1.807, 2.05) is 21.6 Å². The molecule has 0 saturated heterocycles. The van der Waals surface area contributed by atoms with Crippen molar-refractivity contribution in [3.63, 3.8) is 0 Å². The lowest BCUT2D eigenvalue weighted by molar-refractivity contribution is -0.118. The summed E-state index contributed by atoms with van der Waals surface area (Å²) >= 11 is 0. The summed E-state index contributed by atoms with van der Waals surface area (Å²) in [5, 5.41) is 0. The number of hydrogen-bond acceptors (Lipinski definition) is 8. The van der Waals surface area contributed by atoms with Crippen molar-refractivity contribution in [2.45, 2.75) is 127 Å². The Labute approximate surface area is 323 Å². The van der Waals surface area contributed by atoms with Gasteiger partial charge in [-0.3, -0.25) is 9.59 Å². The molecule has 0 saturated carbocycles. The van der Waals surface area contributed by atoms with E-state index in [4.69, 9.17) is 0 Å². The molecule has 0 spiro atoms. The zero-order valence-electron chi connectivity index (χ0n) is 30.2. The van der Waals surface area contributed by atoms with Crippen molar-refractivity contribution in [3.05, 3.63) is 60.7 Å². The number of anilines is 2. The van der Waals surface area contributed by atoms with Crippen LogP contribution in [0, 0.1) is 0 Å². The monoisotopic (exact) mass is 848 g/mol. The lowest BCUT2D eigenvalue weighted by atomic mass is 10.1. The van der Waals surface area contributed by atoms with E-state index in [0.29, 0.717) is 25.7 Å². The Hall–Kier alpha value is -2.44. The van der Waals surface area contributed by atoms with Gasteiger partial charge in [0.25, 0.3) is 0 Å². The van der Waals surface area contributed by atoms with E-state index in [2.05, 4.69) is 0 Å². The number of benzene rings is 2. The fourth-order valence-corrected chi connectivity index (χ4v) is 9.71. The highest BCUT2D eigenvalue weighted by Crippen LogP contribution is 2.33. The van der Waals surface area contributed by atoms with Gasteiger partial charge < -0.3 is 0 Å². The maximum atomic E-state index is 13.2. The van der Waals surface area contributed by atoms with Gasteiger partial charge in [0.2, 0.25) is 11.8 Å². The summed E-state index contributed by atoms with van der Waals surface area (Å²) in [5.74, 6) is -0.0847. The number of carbonyl (C=O) groups excluding carboxylic acids is 2. The number of sulfonamides is 2. The molecule has 0 atom stereocenters. The highest BCUT2D eigenvalue weighted by Gasteiger charge is 2.53. The molecule has 0 aliphatic carbocycles. The Balaban J connectivity index is 1.43. The molecule has 2 rings (SSSR count). The van der Waals surface area contributed by atoms with Gasteiger partial charge in [-0.15, -0.1) is 0 Å². The summed E-state index contributed by atoms with van der Waals surface area (Å²) in [6.45, 7) is 0. The second kappa shape index (κ2) is 24.3. The fourth-order valence-electron chi connectivity index (χ4n) is 5.48. The fraction of sp³-hybridized carbons (Fsp3) is 0.611. The Morgan fingerprint density at radius 2 is 0.704 bits per heavy atom. The number of unbranched alkanes of at least 4 members (excludes halogenated alkanes) is 14. The van der Waals surface area contributed by atoms with Gasteiger partial charge in [0.15, 0.2) is 0 Å². The van der Waals surface area contributed by atoms with Crippen LogP contribution in [-0.2, 0) is 29.6 Å². The van der Waals surface area contributed by atoms with E-state index in [1.165, 1.54) is 36.4 Å². The molecular weight excluding hydrogens is 799 g/mol. The molecule has 0 unspecified atom stereocenters. The number of rotatable bonds is 27. The molecule has 0 aliphatic heterocycles. The van der Waals surface area contributed by atoms with Crippen LogP contribution < -0.4 is 8.61 Å². The Bertz CT molecular complexity index is 1480. The zero-order valence-corrected chi connectivity index (χ0v) is 33.4. The lowest BCUT2D eigenvalue weighted by Crippen LogP contribution is -2.44. The largest absolute Gasteiger partial charge is 0.517 e. The third-order valence-corrected chi connectivity index (χ3v) is 13.9. The Kier molecular flexibility index (Phi) is 21.4. The van der Waals surface area contributed by atoms with Gasteiger partial charge in [-0.05, 0) is 49.9 Å². The van der Waals surface area contributed by atoms with Crippen molar-refractivity contribution in [2.75, 3.05) is 20.1 Å². The predicted octanol–water partition coefficient (Wildman–Crippen LogP) is 11.2. The highest BCUT2D eigenvalue weighted by atomic mass is 33.1. The molecule has 8 nitrogen and oxygen atoms in total. The van der Waals surface area contributed by atoms with E-state index >= 15 is 0 Å². The number of nitrogens with zero attached hydrogens (tertiary/aromatic N) is 2. The summed E-state index contributed by atoms with van der Waals surface area (Å²) in [6, 6.07) is 13.1. The van der Waals surface area contributed by atoms with Crippen molar-refractivity contribution >= 4 is 64.8 Å². The van der Waals surface area contributed by atoms with Gasteiger partial charge >= 0.3 is 31.1 Å². The zero-order chi connectivity index (χ0) is 40.1. The molecule has 0 heterocycles. The molecule has 2 aromatic rings. The summed E-state index contributed by atoms with van der Waals surface area (Å²) in [7, 11) is -7.98. The quantitative estimate of drug-likeness (QED) is 0.0497. The Morgan fingerprint density at radius 1 is 0.444 bits per heavy atom. The van der Waals surface area contributed by atoms with Crippen LogP contribution in [0.15, 0.2) is 60.7 Å². The molecule has 0 fully saturated rings. The number of carbonyl (C=O) groups is 2. The SMILES string of the molecule is O=C(CCCCCCCCCCSSCCCCCCCCCCC(=O)N(c1ccccc1)S(=O)(=O)C(F)(F)F)N(c1ccccc1)S(=O)(=O)C(F)(F)F. The van der Waals surface area contributed by atoms with E-state index in [0.717, 1.165) is 113 Å². The van der Waals surface area contributed by atoms with Gasteiger partial charge in [0.1, 0.15) is 0 Å². The van der Waals surface area contributed by atoms with Gasteiger partial charge in [0.05, 0.1) is 11.4 Å². The number of alkyl halides is 6. The predicted molar refractivity (Wildman–Crippen MR) is 206 cm³/mol. The average molecular weight is 849 g/mol. The third-order valence-electron chi connectivity index (χ3n) is 8.32. The molecule has 0 N–H and O–H groups in total. The van der Waals surface area contributed by atoms with Crippen LogP contribution in [0.4, 0.5) is 37.7 Å². The van der Waals surface area contributed by atoms with Crippen LogP contribution in [0.5, 0.6) is 0 Å². The lowest BCUT2D eigenvalue weighted by Gasteiger charge is -2.23. The van der Waals surface area contributed by atoms with Gasteiger partial charge in [0, 0.05) is 24.3 Å². The number of amides is 2. The first-order valence-corrected chi connectivity index (χ1v) is 23.5. The summed E-state index contributed by atoms with van der Waals surface area (Å²) in [4.78, 5) is 25.1. The van der Waals surface area contributed by atoms with E-state index in [9.17, 15) is 52.8 Å². The molecule has 2 amide bonds. The molecule has 0 aliphatic rings. The maximum Gasteiger partial charge on any atom is 0.517 e. The molecule has 18 heteroatoms. The van der Waals surface area contributed by atoms with Crippen molar-refractivity contribution < 1.29 is 52.8 Å². The van der Waals surface area contributed by atoms with Crippen LogP contribution in [0.3, 0.4) is 0 Å². The van der Waals surface area contributed by atoms with Crippen molar-refractivity contribution in [1.29, 1.82) is 0 Å². The first kappa shape index (κ1) is 47.7. The second-order valence-electron chi connectivity index (χ2n) is 12.7. The third kappa shape index (κ3) is 16.3. The second-order valence-corrected chi connectivity index (χ2v) is 18.9. The highest BCUT2D eigenvalue weighted by molar-refractivity contribution is 8.76. The van der Waals surface area contributed by atoms with Crippen LogP contribution in [-0.4, -0.2) is 51.2 Å². The molecule has 0 radical (unpaired) electrons. The molecule has 0 aromatic heterocycles. The standard InChI is InChI=1S/C36H50F6N2O6S4/c37-35(38,39)53(47,48)43(31-23-15-13-16-24-31)33(45)27-19-9-5-1-3-7-11-21-29-51-52-30-22-12-8-4-2-6-10-20-28-34(46)44(32-25-17-14-18-26-32)54(49,50)36(40,41)42/h13-18,23-26H,1-12,19-22,27-30H2. The normalized spacial score (nSPS) is 12.5. The molecule has 306 valence electrons. The summed E-state index contributed by atoms with van der Waals surface area (Å²) in [5.41, 5.74) is -11.8. The maximum absolute atomic E-state index is 13.2. The Morgan fingerprint density at radius 3 is 0.981 bits per heavy atom. The minimum Gasteiger partial charge on any atom is -0.273 e. The van der Waals surface area contributed by atoms with Crippen LogP contribution in [0.1, 0.15) is 116 Å². The van der Waals surface area contributed by atoms with Gasteiger partial charge in [-0.2, -0.15) is 51.8 Å². The van der Waals surface area contributed by atoms with Crippen molar-refractivity contribution in [2.24, 2.45) is 0 Å². The molecule has 0 bridgehead atoms. The average Bonchev–Trinajstić information content (AvgIpc) is 3.10. The smallest absolute Gasteiger partial charge is 0.273 e. The van der Waals surface area contributed by atoms with E-state index in [-0.39, 0.29) is 32.8 Å². The number of hydrogen-bond donors (Lipinski definition) is 0. The first-order chi connectivity index (χ1) is 25.5. The van der Waals surface area contributed by atoms with Crippen LogP contribution in [0.2, 0.25) is 0 Å². The first-order valence-electron chi connectivity index (χ1n) is 18.1. The number of halogens is 6. The summed E-state index contributed by atoms with van der Waals surface area (Å²) < 4.78 is 127. The summed E-state index contributed by atoms with van der Waals surface area (Å²) in [6.07, 6.45) is 13.3.